The first-order chi connectivity index (χ1) is 9.06. The number of rotatable bonds is 5. The van der Waals surface area contributed by atoms with Crippen LogP contribution in [0.3, 0.4) is 0 Å². The van der Waals surface area contributed by atoms with Crippen molar-refractivity contribution in [3.63, 3.8) is 0 Å². The Morgan fingerprint density at radius 1 is 1.53 bits per heavy atom. The molecule has 19 heavy (non-hydrogen) atoms. The zero-order valence-electron chi connectivity index (χ0n) is 10.5. The molecule has 106 valence electrons. The minimum absolute atomic E-state index is 0.145. The van der Waals surface area contributed by atoms with Gasteiger partial charge in [0, 0.05) is 29.2 Å². The molecule has 1 aliphatic heterocycles. The van der Waals surface area contributed by atoms with E-state index < -0.39 is 6.61 Å². The van der Waals surface area contributed by atoms with Gasteiger partial charge in [-0.15, -0.1) is 0 Å². The van der Waals surface area contributed by atoms with E-state index in [1.54, 1.807) is 18.2 Å². The van der Waals surface area contributed by atoms with Crippen LogP contribution in [0.25, 0.3) is 0 Å². The molecule has 1 heterocycles. The third-order valence-corrected chi connectivity index (χ3v) is 3.66. The molecule has 1 aromatic carbocycles. The van der Waals surface area contributed by atoms with Crippen LogP contribution in [0.2, 0.25) is 0 Å². The van der Waals surface area contributed by atoms with Gasteiger partial charge in [-0.25, -0.2) is 0 Å². The van der Waals surface area contributed by atoms with Gasteiger partial charge in [-0.2, -0.15) is 8.78 Å². The lowest BCUT2D eigenvalue weighted by Crippen LogP contribution is -2.34. The molecule has 6 heteroatoms. The molecule has 2 unspecified atom stereocenters. The van der Waals surface area contributed by atoms with Gasteiger partial charge in [-0.3, -0.25) is 0 Å². The maximum atomic E-state index is 12.3. The number of hydrogen-bond donors (Lipinski definition) is 1. The van der Waals surface area contributed by atoms with E-state index in [-0.39, 0.29) is 17.9 Å². The molecule has 1 fully saturated rings. The number of nitrogens with one attached hydrogen (secondary N) is 1. The van der Waals surface area contributed by atoms with Crippen LogP contribution in [0.1, 0.15) is 18.9 Å². The number of hydrogen-bond acceptors (Lipinski definition) is 3. The van der Waals surface area contributed by atoms with E-state index in [0.717, 1.165) is 17.5 Å². The number of alkyl halides is 2. The molecule has 0 saturated carbocycles. The summed E-state index contributed by atoms with van der Waals surface area (Å²) in [5.74, 6) is 0.206. The Bertz CT molecular complexity index is 431. The summed E-state index contributed by atoms with van der Waals surface area (Å²) in [7, 11) is 0. The zero-order valence-corrected chi connectivity index (χ0v) is 12.1. The fourth-order valence-corrected chi connectivity index (χ4v) is 2.55. The summed E-state index contributed by atoms with van der Waals surface area (Å²) in [5.41, 5.74) is 0.703. The van der Waals surface area contributed by atoms with Crippen molar-refractivity contribution >= 4 is 15.9 Å². The van der Waals surface area contributed by atoms with Crippen LogP contribution < -0.4 is 10.1 Å². The van der Waals surface area contributed by atoms with Crippen molar-refractivity contribution < 1.29 is 18.3 Å². The summed E-state index contributed by atoms with van der Waals surface area (Å²) in [5, 5.41) is 3.32. The largest absolute Gasteiger partial charge is 0.434 e. The molecule has 1 aromatic rings. The predicted octanol–water partition coefficient (Wildman–Crippen LogP) is 3.32. The van der Waals surface area contributed by atoms with E-state index >= 15 is 0 Å². The molecule has 2 atom stereocenters. The van der Waals surface area contributed by atoms with Crippen molar-refractivity contribution in [2.24, 2.45) is 0 Å². The molecule has 1 saturated heterocycles. The molecule has 0 aromatic heterocycles. The molecule has 0 radical (unpaired) electrons. The summed E-state index contributed by atoms with van der Waals surface area (Å²) >= 11 is 3.33. The van der Waals surface area contributed by atoms with Gasteiger partial charge in [0.1, 0.15) is 5.75 Å². The Labute approximate surface area is 119 Å². The Morgan fingerprint density at radius 2 is 2.32 bits per heavy atom. The van der Waals surface area contributed by atoms with Gasteiger partial charge in [-0.05, 0) is 31.5 Å². The van der Waals surface area contributed by atoms with Crippen molar-refractivity contribution in [1.29, 1.82) is 0 Å². The third kappa shape index (κ3) is 4.12. The predicted molar refractivity (Wildman–Crippen MR) is 71.4 cm³/mol. The highest BCUT2D eigenvalue weighted by Crippen LogP contribution is 2.25. The molecular formula is C13H16BrF2NO2. The van der Waals surface area contributed by atoms with Gasteiger partial charge in [0.05, 0.1) is 6.10 Å². The second-order valence-corrected chi connectivity index (χ2v) is 5.40. The highest BCUT2D eigenvalue weighted by Gasteiger charge is 2.23. The first kappa shape index (κ1) is 14.7. The van der Waals surface area contributed by atoms with Crippen LogP contribution in [-0.4, -0.2) is 25.4 Å². The van der Waals surface area contributed by atoms with Crippen LogP contribution in [-0.2, 0) is 11.3 Å². The highest BCUT2D eigenvalue weighted by atomic mass is 79.9. The quantitative estimate of drug-likeness (QED) is 0.895. The average Bonchev–Trinajstić information content (AvgIpc) is 2.75. The molecule has 0 aliphatic carbocycles. The monoisotopic (exact) mass is 335 g/mol. The fourth-order valence-electron chi connectivity index (χ4n) is 2.14. The number of ether oxygens (including phenoxy) is 2. The second kappa shape index (κ2) is 6.63. The molecule has 0 spiro atoms. The first-order valence-corrected chi connectivity index (χ1v) is 6.94. The van der Waals surface area contributed by atoms with Gasteiger partial charge in [0.25, 0.3) is 0 Å². The molecule has 1 N–H and O–H groups in total. The minimum atomic E-state index is -2.81. The number of halogens is 3. The molecule has 1 aliphatic rings. The van der Waals surface area contributed by atoms with Crippen LogP contribution in [0.5, 0.6) is 5.75 Å². The SMILES string of the molecule is CC1OCCC1NCc1cc(Br)ccc1OC(F)F. The topological polar surface area (TPSA) is 30.5 Å². The lowest BCUT2D eigenvalue weighted by Gasteiger charge is -2.17. The average molecular weight is 336 g/mol. The second-order valence-electron chi connectivity index (χ2n) is 4.48. The maximum Gasteiger partial charge on any atom is 0.387 e. The van der Waals surface area contributed by atoms with Crippen molar-refractivity contribution in [2.45, 2.75) is 38.6 Å². The molecule has 3 nitrogen and oxygen atoms in total. The van der Waals surface area contributed by atoms with Gasteiger partial charge in [0.2, 0.25) is 0 Å². The Balaban J connectivity index is 2.03. The lowest BCUT2D eigenvalue weighted by atomic mass is 10.1. The van der Waals surface area contributed by atoms with E-state index in [4.69, 9.17) is 4.74 Å². The molecular weight excluding hydrogens is 320 g/mol. The van der Waals surface area contributed by atoms with Gasteiger partial charge in [0.15, 0.2) is 0 Å². The van der Waals surface area contributed by atoms with E-state index in [9.17, 15) is 8.78 Å². The van der Waals surface area contributed by atoms with E-state index in [1.807, 2.05) is 6.92 Å². The van der Waals surface area contributed by atoms with Crippen molar-refractivity contribution in [3.8, 4) is 5.75 Å². The summed E-state index contributed by atoms with van der Waals surface area (Å²) in [6.45, 7) is 0.397. The smallest absolute Gasteiger partial charge is 0.387 e. The molecule has 0 amide bonds. The van der Waals surface area contributed by atoms with E-state index in [1.165, 1.54) is 0 Å². The van der Waals surface area contributed by atoms with Crippen LogP contribution in [0.15, 0.2) is 22.7 Å². The van der Waals surface area contributed by atoms with Crippen LogP contribution in [0.4, 0.5) is 8.78 Å². The fraction of sp³-hybridized carbons (Fsp3) is 0.538. The van der Waals surface area contributed by atoms with Gasteiger partial charge in [-0.1, -0.05) is 15.9 Å². The maximum absolute atomic E-state index is 12.3. The first-order valence-electron chi connectivity index (χ1n) is 6.14. The summed E-state index contributed by atoms with van der Waals surface area (Å²) in [4.78, 5) is 0. The minimum Gasteiger partial charge on any atom is -0.434 e. The lowest BCUT2D eigenvalue weighted by molar-refractivity contribution is -0.0505. The molecule has 2 rings (SSSR count). The summed E-state index contributed by atoms with van der Waals surface area (Å²) < 4.78 is 35.5. The number of benzene rings is 1. The summed E-state index contributed by atoms with van der Waals surface area (Å²) in [6.07, 6.45) is 1.08. The zero-order chi connectivity index (χ0) is 13.8. The highest BCUT2D eigenvalue weighted by molar-refractivity contribution is 9.10. The van der Waals surface area contributed by atoms with E-state index in [0.29, 0.717) is 12.1 Å². The van der Waals surface area contributed by atoms with Crippen molar-refractivity contribution in [2.75, 3.05) is 6.61 Å². The molecule has 0 bridgehead atoms. The Morgan fingerprint density at radius 3 is 2.95 bits per heavy atom. The Kier molecular flexibility index (Phi) is 5.13. The van der Waals surface area contributed by atoms with Crippen LogP contribution >= 0.6 is 15.9 Å². The standard InChI is InChI=1S/C13H16BrF2NO2/c1-8-11(4-5-18-8)17-7-9-6-10(14)2-3-12(9)19-13(15)16/h2-3,6,8,11,13,17H,4-5,7H2,1H3. The van der Waals surface area contributed by atoms with Crippen LogP contribution in [0, 0.1) is 0 Å². The van der Waals surface area contributed by atoms with Crippen molar-refractivity contribution in [1.82, 2.24) is 5.32 Å². The van der Waals surface area contributed by atoms with Gasteiger partial charge < -0.3 is 14.8 Å². The third-order valence-electron chi connectivity index (χ3n) is 3.17. The van der Waals surface area contributed by atoms with Crippen molar-refractivity contribution in [3.05, 3.63) is 28.2 Å². The Hall–Kier alpha value is -0.720. The van der Waals surface area contributed by atoms with E-state index in [2.05, 4.69) is 26.0 Å². The summed E-state index contributed by atoms with van der Waals surface area (Å²) in [6, 6.07) is 5.26. The normalized spacial score (nSPS) is 23.0. The van der Waals surface area contributed by atoms with Gasteiger partial charge >= 0.3 is 6.61 Å².